The monoisotopic (exact) mass is 264 g/mol. The highest BCUT2D eigenvalue weighted by Crippen LogP contribution is 2.22. The van der Waals surface area contributed by atoms with E-state index in [4.69, 9.17) is 5.11 Å². The average molecular weight is 264 g/mol. The first-order valence-corrected chi connectivity index (χ1v) is 7.26. The average Bonchev–Trinajstić information content (AvgIpc) is 2.83. The van der Waals surface area contributed by atoms with E-state index in [0.717, 1.165) is 18.5 Å². The highest BCUT2D eigenvalue weighted by Gasteiger charge is 2.09. The number of fused-ring (bicyclic) bond motifs is 1. The normalized spacial score (nSPS) is 14.8. The Morgan fingerprint density at radius 1 is 1.44 bits per heavy atom. The molecule has 2 aromatic heterocycles. The second-order valence-electron chi connectivity index (χ2n) is 4.82. The van der Waals surface area contributed by atoms with E-state index in [1.54, 1.807) is 11.3 Å². The third-order valence-electron chi connectivity index (χ3n) is 3.22. The van der Waals surface area contributed by atoms with Crippen LogP contribution in [-0.4, -0.2) is 23.2 Å². The van der Waals surface area contributed by atoms with E-state index in [1.165, 1.54) is 10.3 Å². The molecule has 0 aliphatic carbocycles. The number of aromatic nitrogens is 1. The van der Waals surface area contributed by atoms with E-state index in [9.17, 15) is 0 Å². The minimum Gasteiger partial charge on any atom is -0.396 e. The molecule has 0 saturated carbocycles. The van der Waals surface area contributed by atoms with E-state index in [-0.39, 0.29) is 6.61 Å². The summed E-state index contributed by atoms with van der Waals surface area (Å²) >= 11 is 1.73. The molecule has 2 unspecified atom stereocenters. The fourth-order valence-electron chi connectivity index (χ4n) is 1.92. The van der Waals surface area contributed by atoms with E-state index in [0.29, 0.717) is 12.0 Å². The fourth-order valence-corrected chi connectivity index (χ4v) is 2.71. The van der Waals surface area contributed by atoms with Gasteiger partial charge in [0.05, 0.1) is 10.2 Å². The van der Waals surface area contributed by atoms with Gasteiger partial charge in [-0.2, -0.15) is 0 Å². The van der Waals surface area contributed by atoms with Gasteiger partial charge < -0.3 is 10.4 Å². The summed E-state index contributed by atoms with van der Waals surface area (Å²) in [6.07, 6.45) is 2.80. The molecule has 98 valence electrons. The van der Waals surface area contributed by atoms with Crippen LogP contribution in [0, 0.1) is 5.92 Å². The number of rotatable bonds is 6. The van der Waals surface area contributed by atoms with Gasteiger partial charge in [0.2, 0.25) is 0 Å². The second-order valence-corrected chi connectivity index (χ2v) is 5.77. The molecule has 0 aliphatic rings. The van der Waals surface area contributed by atoms with Gasteiger partial charge in [0.25, 0.3) is 0 Å². The van der Waals surface area contributed by atoms with Crippen LogP contribution >= 0.6 is 11.3 Å². The molecule has 2 N–H and O–H groups in total. The number of pyridine rings is 1. The van der Waals surface area contributed by atoms with E-state index >= 15 is 0 Å². The van der Waals surface area contributed by atoms with Crippen LogP contribution < -0.4 is 5.32 Å². The van der Waals surface area contributed by atoms with Gasteiger partial charge in [0, 0.05) is 18.8 Å². The molecule has 0 aromatic carbocycles. The second kappa shape index (κ2) is 6.27. The van der Waals surface area contributed by atoms with Crippen molar-refractivity contribution < 1.29 is 5.11 Å². The van der Waals surface area contributed by atoms with E-state index < -0.39 is 0 Å². The molecule has 2 atom stereocenters. The van der Waals surface area contributed by atoms with Crippen molar-refractivity contribution in [3.8, 4) is 0 Å². The summed E-state index contributed by atoms with van der Waals surface area (Å²) in [5.74, 6) is 0.496. The Hall–Kier alpha value is -0.970. The molecule has 18 heavy (non-hydrogen) atoms. The largest absolute Gasteiger partial charge is 0.396 e. The van der Waals surface area contributed by atoms with Crippen molar-refractivity contribution >= 4 is 21.6 Å². The first kappa shape index (κ1) is 13.5. The lowest BCUT2D eigenvalue weighted by atomic mass is 10.1. The zero-order chi connectivity index (χ0) is 13.0. The van der Waals surface area contributed by atoms with Crippen LogP contribution in [0.3, 0.4) is 0 Å². The minimum absolute atomic E-state index is 0.264. The smallest absolute Gasteiger partial charge is 0.0809 e. The molecule has 0 saturated heterocycles. The van der Waals surface area contributed by atoms with Gasteiger partial charge in [-0.1, -0.05) is 6.92 Å². The van der Waals surface area contributed by atoms with Gasteiger partial charge in [0.1, 0.15) is 0 Å². The molecule has 3 nitrogen and oxygen atoms in total. The maximum atomic E-state index is 8.88. The summed E-state index contributed by atoms with van der Waals surface area (Å²) in [7, 11) is 0. The predicted octanol–water partition coefficient (Wildman–Crippen LogP) is 2.97. The van der Waals surface area contributed by atoms with Crippen molar-refractivity contribution in [1.29, 1.82) is 0 Å². The third kappa shape index (κ3) is 3.28. The van der Waals surface area contributed by atoms with Crippen molar-refractivity contribution in [2.45, 2.75) is 26.3 Å². The predicted molar refractivity (Wildman–Crippen MR) is 76.9 cm³/mol. The van der Waals surface area contributed by atoms with Gasteiger partial charge in [-0.25, -0.2) is 0 Å². The Bertz CT molecular complexity index is 497. The van der Waals surface area contributed by atoms with Crippen LogP contribution in [0.5, 0.6) is 0 Å². The van der Waals surface area contributed by atoms with E-state index in [2.05, 4.69) is 35.6 Å². The van der Waals surface area contributed by atoms with Crippen LogP contribution in [0.1, 0.15) is 31.9 Å². The molecule has 0 amide bonds. The fraction of sp³-hybridized carbons (Fsp3) is 0.500. The lowest BCUT2D eigenvalue weighted by Crippen LogP contribution is -2.25. The number of thiophene rings is 1. The van der Waals surface area contributed by atoms with Crippen LogP contribution in [0.15, 0.2) is 23.7 Å². The van der Waals surface area contributed by atoms with Crippen molar-refractivity contribution in [3.63, 3.8) is 0 Å². The van der Waals surface area contributed by atoms with Gasteiger partial charge in [-0.05, 0) is 48.9 Å². The highest BCUT2D eigenvalue weighted by molar-refractivity contribution is 7.17. The summed E-state index contributed by atoms with van der Waals surface area (Å²) in [4.78, 5) is 4.46. The topological polar surface area (TPSA) is 45.1 Å². The van der Waals surface area contributed by atoms with Crippen molar-refractivity contribution in [2.75, 3.05) is 13.2 Å². The Morgan fingerprint density at radius 3 is 3.06 bits per heavy atom. The summed E-state index contributed by atoms with van der Waals surface area (Å²) < 4.78 is 1.24. The summed E-state index contributed by atoms with van der Waals surface area (Å²) in [6.45, 7) is 5.49. The van der Waals surface area contributed by atoms with E-state index in [1.807, 2.05) is 12.3 Å². The van der Waals surface area contributed by atoms with Gasteiger partial charge in [-0.15, -0.1) is 11.3 Å². The zero-order valence-electron chi connectivity index (χ0n) is 10.9. The lowest BCUT2D eigenvalue weighted by Gasteiger charge is -2.17. The number of nitrogens with zero attached hydrogens (tertiary/aromatic N) is 1. The third-order valence-corrected chi connectivity index (χ3v) is 4.07. The van der Waals surface area contributed by atoms with Crippen LogP contribution in [0.4, 0.5) is 0 Å². The minimum atomic E-state index is 0.264. The summed E-state index contributed by atoms with van der Waals surface area (Å²) in [6, 6.07) is 4.55. The lowest BCUT2D eigenvalue weighted by molar-refractivity contribution is 0.258. The zero-order valence-corrected chi connectivity index (χ0v) is 11.7. The Morgan fingerprint density at radius 2 is 2.28 bits per heavy atom. The number of hydrogen-bond donors (Lipinski definition) is 2. The van der Waals surface area contributed by atoms with Crippen molar-refractivity contribution in [3.05, 3.63) is 29.3 Å². The number of nitrogens with one attached hydrogen (secondary N) is 1. The van der Waals surface area contributed by atoms with Gasteiger partial charge >= 0.3 is 0 Å². The molecule has 0 fully saturated rings. The Balaban J connectivity index is 1.97. The Labute approximate surface area is 112 Å². The standard InChI is InChI=1S/C14H20N2OS/c1-10(3-5-17)8-15-11(2)12-7-14-13(16-9-12)4-6-18-14/h4,6-7,9-11,15,17H,3,5,8H2,1-2H3. The van der Waals surface area contributed by atoms with Gasteiger partial charge in [-0.3, -0.25) is 4.98 Å². The molecular formula is C14H20N2OS. The molecule has 0 radical (unpaired) electrons. The van der Waals surface area contributed by atoms with Crippen molar-refractivity contribution in [1.82, 2.24) is 10.3 Å². The Kier molecular flexibility index (Phi) is 4.69. The van der Waals surface area contributed by atoms with Crippen LogP contribution in [0.2, 0.25) is 0 Å². The molecule has 0 bridgehead atoms. The van der Waals surface area contributed by atoms with Gasteiger partial charge in [0.15, 0.2) is 0 Å². The molecule has 0 spiro atoms. The molecule has 0 aliphatic heterocycles. The molecule has 2 heterocycles. The van der Waals surface area contributed by atoms with Crippen LogP contribution in [0.25, 0.3) is 10.2 Å². The van der Waals surface area contributed by atoms with Crippen LogP contribution in [-0.2, 0) is 0 Å². The number of aliphatic hydroxyl groups is 1. The molecule has 4 heteroatoms. The number of hydrogen-bond acceptors (Lipinski definition) is 4. The summed E-state index contributed by atoms with van der Waals surface area (Å²) in [5, 5.41) is 14.4. The quantitative estimate of drug-likeness (QED) is 0.843. The molecule has 2 aromatic rings. The SMILES string of the molecule is CC(CCO)CNC(C)c1cnc2ccsc2c1. The van der Waals surface area contributed by atoms with Crippen molar-refractivity contribution in [2.24, 2.45) is 5.92 Å². The number of aliphatic hydroxyl groups excluding tert-OH is 1. The maximum absolute atomic E-state index is 8.88. The highest BCUT2D eigenvalue weighted by atomic mass is 32.1. The first-order valence-electron chi connectivity index (χ1n) is 6.38. The molecular weight excluding hydrogens is 244 g/mol. The maximum Gasteiger partial charge on any atom is 0.0809 e. The summed E-state index contributed by atoms with van der Waals surface area (Å²) in [5.41, 5.74) is 2.30. The first-order chi connectivity index (χ1) is 8.70. The molecule has 2 rings (SSSR count).